The van der Waals surface area contributed by atoms with Crippen LogP contribution in [0.15, 0.2) is 30.7 Å². The first-order valence-corrected chi connectivity index (χ1v) is 5.44. The van der Waals surface area contributed by atoms with Gasteiger partial charge in [-0.25, -0.2) is 14.2 Å². The van der Waals surface area contributed by atoms with Crippen LogP contribution in [0.25, 0.3) is 11.1 Å². The summed E-state index contributed by atoms with van der Waals surface area (Å²) >= 11 is 5.08. The summed E-state index contributed by atoms with van der Waals surface area (Å²) < 4.78 is 18.4. The average Bonchev–Trinajstić information content (AvgIpc) is 2.37. The van der Waals surface area contributed by atoms with Crippen LogP contribution in [0.4, 0.5) is 4.39 Å². The SMILES string of the molecule is COC(=O)c1cc(F)cc(-c2cnc[nH]c2=S)c1. The molecule has 1 N–H and O–H groups in total. The summed E-state index contributed by atoms with van der Waals surface area (Å²) in [6.07, 6.45) is 2.95. The number of benzene rings is 1. The van der Waals surface area contributed by atoms with Crippen LogP contribution >= 0.6 is 12.2 Å². The van der Waals surface area contributed by atoms with Crippen LogP contribution in [0.5, 0.6) is 0 Å². The Hall–Kier alpha value is -2.08. The molecule has 0 amide bonds. The van der Waals surface area contributed by atoms with Gasteiger partial charge in [-0.15, -0.1) is 0 Å². The van der Waals surface area contributed by atoms with E-state index in [1.54, 1.807) is 0 Å². The summed E-state index contributed by atoms with van der Waals surface area (Å²) in [5.74, 6) is -1.14. The van der Waals surface area contributed by atoms with Crippen molar-refractivity contribution in [1.82, 2.24) is 9.97 Å². The van der Waals surface area contributed by atoms with Gasteiger partial charge in [0.15, 0.2) is 0 Å². The van der Waals surface area contributed by atoms with Crippen molar-refractivity contribution in [2.24, 2.45) is 0 Å². The van der Waals surface area contributed by atoms with Gasteiger partial charge < -0.3 is 9.72 Å². The number of nitrogens with zero attached hydrogens (tertiary/aromatic N) is 1. The maximum absolute atomic E-state index is 13.5. The number of hydrogen-bond acceptors (Lipinski definition) is 4. The Bertz CT molecular complexity index is 655. The second-order valence-corrected chi connectivity index (χ2v) is 3.92. The van der Waals surface area contributed by atoms with Gasteiger partial charge in [-0.3, -0.25) is 0 Å². The zero-order valence-electron chi connectivity index (χ0n) is 9.44. The van der Waals surface area contributed by atoms with Gasteiger partial charge in [-0.05, 0) is 23.8 Å². The van der Waals surface area contributed by atoms with Crippen molar-refractivity contribution in [1.29, 1.82) is 0 Å². The zero-order valence-corrected chi connectivity index (χ0v) is 10.3. The third-order valence-electron chi connectivity index (χ3n) is 2.35. The second-order valence-electron chi connectivity index (χ2n) is 3.51. The third kappa shape index (κ3) is 2.43. The molecule has 0 aliphatic rings. The quantitative estimate of drug-likeness (QED) is 0.669. The van der Waals surface area contributed by atoms with Crippen LogP contribution in [0.2, 0.25) is 0 Å². The smallest absolute Gasteiger partial charge is 0.337 e. The van der Waals surface area contributed by atoms with Crippen LogP contribution in [0.3, 0.4) is 0 Å². The molecule has 92 valence electrons. The van der Waals surface area contributed by atoms with Gasteiger partial charge >= 0.3 is 5.97 Å². The predicted octanol–water partition coefficient (Wildman–Crippen LogP) is 2.73. The molecule has 0 aliphatic heterocycles. The highest BCUT2D eigenvalue weighted by atomic mass is 32.1. The number of esters is 1. The van der Waals surface area contributed by atoms with Crippen LogP contribution in [-0.4, -0.2) is 23.0 Å². The molecular formula is C12H9FN2O2S. The molecule has 1 heterocycles. The topological polar surface area (TPSA) is 55.0 Å². The second kappa shape index (κ2) is 5.05. The number of aromatic nitrogens is 2. The lowest BCUT2D eigenvalue weighted by molar-refractivity contribution is 0.0600. The number of carbonyl (C=O) groups excluding carboxylic acids is 1. The molecule has 0 spiro atoms. The van der Waals surface area contributed by atoms with E-state index >= 15 is 0 Å². The van der Waals surface area contributed by atoms with Gasteiger partial charge in [0.1, 0.15) is 10.5 Å². The maximum atomic E-state index is 13.5. The van der Waals surface area contributed by atoms with E-state index in [1.807, 2.05) is 0 Å². The highest BCUT2D eigenvalue weighted by molar-refractivity contribution is 7.71. The molecule has 2 rings (SSSR count). The fourth-order valence-corrected chi connectivity index (χ4v) is 1.75. The van der Waals surface area contributed by atoms with E-state index < -0.39 is 11.8 Å². The lowest BCUT2D eigenvalue weighted by Crippen LogP contribution is -2.02. The molecule has 0 saturated carbocycles. The maximum Gasteiger partial charge on any atom is 0.337 e. The molecule has 1 aromatic carbocycles. The highest BCUT2D eigenvalue weighted by Gasteiger charge is 2.11. The number of nitrogens with one attached hydrogen (secondary N) is 1. The van der Waals surface area contributed by atoms with Gasteiger partial charge in [-0.1, -0.05) is 12.2 Å². The molecule has 18 heavy (non-hydrogen) atoms. The average molecular weight is 264 g/mol. The Morgan fingerprint density at radius 3 is 2.89 bits per heavy atom. The largest absolute Gasteiger partial charge is 0.465 e. The Morgan fingerprint density at radius 1 is 1.44 bits per heavy atom. The minimum Gasteiger partial charge on any atom is -0.465 e. The van der Waals surface area contributed by atoms with E-state index in [-0.39, 0.29) is 5.56 Å². The lowest BCUT2D eigenvalue weighted by Gasteiger charge is -2.05. The molecule has 0 unspecified atom stereocenters. The number of H-pyrrole nitrogens is 1. The molecule has 0 saturated heterocycles. The van der Waals surface area contributed by atoms with Gasteiger partial charge in [0, 0.05) is 11.8 Å². The van der Waals surface area contributed by atoms with Gasteiger partial charge in [0.05, 0.1) is 19.0 Å². The summed E-state index contributed by atoms with van der Waals surface area (Å²) in [7, 11) is 1.24. The van der Waals surface area contributed by atoms with Gasteiger partial charge in [-0.2, -0.15) is 0 Å². The number of methoxy groups -OCH3 is 1. The third-order valence-corrected chi connectivity index (χ3v) is 2.69. The molecule has 6 heteroatoms. The van der Waals surface area contributed by atoms with E-state index in [0.29, 0.717) is 15.8 Å². The minimum atomic E-state index is -0.602. The molecule has 4 nitrogen and oxygen atoms in total. The highest BCUT2D eigenvalue weighted by Crippen LogP contribution is 2.22. The molecule has 0 aliphatic carbocycles. The van der Waals surface area contributed by atoms with Crippen molar-refractivity contribution < 1.29 is 13.9 Å². The van der Waals surface area contributed by atoms with Crippen LogP contribution < -0.4 is 0 Å². The summed E-state index contributed by atoms with van der Waals surface area (Å²) in [5, 5.41) is 0. The van der Waals surface area contributed by atoms with Crippen molar-refractivity contribution in [2.75, 3.05) is 7.11 Å². The first kappa shape index (κ1) is 12.4. The normalized spacial score (nSPS) is 10.1. The molecule has 2 aromatic rings. The first-order chi connectivity index (χ1) is 8.61. The van der Waals surface area contributed by atoms with E-state index in [1.165, 1.54) is 31.8 Å². The Balaban J connectivity index is 2.59. The molecule has 0 radical (unpaired) electrons. The van der Waals surface area contributed by atoms with Crippen molar-refractivity contribution >= 4 is 18.2 Å². The number of hydrogen-bond donors (Lipinski definition) is 1. The molecule has 0 bridgehead atoms. The monoisotopic (exact) mass is 264 g/mol. The fourth-order valence-electron chi connectivity index (χ4n) is 1.53. The number of aromatic amines is 1. The van der Waals surface area contributed by atoms with Gasteiger partial charge in [0.2, 0.25) is 0 Å². The Kier molecular flexibility index (Phi) is 3.47. The fraction of sp³-hybridized carbons (Fsp3) is 0.0833. The zero-order chi connectivity index (χ0) is 13.1. The standard InChI is InChI=1S/C12H9FN2O2S/c1-17-12(16)8-2-7(3-9(13)4-8)10-5-14-6-15-11(10)18/h2-6H,1H3,(H,14,15,18). The molecular weight excluding hydrogens is 255 g/mol. The van der Waals surface area contributed by atoms with E-state index in [9.17, 15) is 9.18 Å². The van der Waals surface area contributed by atoms with E-state index in [4.69, 9.17) is 12.2 Å². The summed E-state index contributed by atoms with van der Waals surface area (Å²) in [5.41, 5.74) is 1.16. The minimum absolute atomic E-state index is 0.130. The summed E-state index contributed by atoms with van der Waals surface area (Å²) in [6.45, 7) is 0. The van der Waals surface area contributed by atoms with Crippen LogP contribution in [0, 0.1) is 10.5 Å². The Labute approximate surface area is 107 Å². The first-order valence-electron chi connectivity index (χ1n) is 5.04. The van der Waals surface area contributed by atoms with E-state index in [2.05, 4.69) is 14.7 Å². The van der Waals surface area contributed by atoms with Crippen molar-refractivity contribution in [2.45, 2.75) is 0 Å². The summed E-state index contributed by atoms with van der Waals surface area (Å²) in [4.78, 5) is 18.0. The molecule has 1 aromatic heterocycles. The summed E-state index contributed by atoms with van der Waals surface area (Å²) in [6, 6.07) is 3.90. The van der Waals surface area contributed by atoms with Gasteiger partial charge in [0.25, 0.3) is 0 Å². The number of rotatable bonds is 2. The molecule has 0 atom stereocenters. The predicted molar refractivity (Wildman–Crippen MR) is 66.2 cm³/mol. The van der Waals surface area contributed by atoms with Crippen LogP contribution in [0.1, 0.15) is 10.4 Å². The van der Waals surface area contributed by atoms with E-state index in [0.717, 1.165) is 6.07 Å². The van der Waals surface area contributed by atoms with Crippen molar-refractivity contribution in [3.05, 3.63) is 46.7 Å². The number of halogens is 1. The number of carbonyl (C=O) groups is 1. The van der Waals surface area contributed by atoms with Crippen LogP contribution in [-0.2, 0) is 4.74 Å². The Morgan fingerprint density at radius 2 is 2.22 bits per heavy atom. The lowest BCUT2D eigenvalue weighted by atomic mass is 10.1. The van der Waals surface area contributed by atoms with Crippen molar-refractivity contribution in [3.8, 4) is 11.1 Å². The van der Waals surface area contributed by atoms with Crippen molar-refractivity contribution in [3.63, 3.8) is 0 Å². The number of ether oxygens (including phenoxy) is 1. The molecule has 0 fully saturated rings.